The van der Waals surface area contributed by atoms with Crippen LogP contribution < -0.4 is 0 Å². The molecule has 0 saturated heterocycles. The van der Waals surface area contributed by atoms with Gasteiger partial charge >= 0.3 is 0 Å². The van der Waals surface area contributed by atoms with E-state index in [0.29, 0.717) is 0 Å². The Labute approximate surface area is 371 Å². The van der Waals surface area contributed by atoms with Crippen molar-refractivity contribution >= 4 is 23.3 Å². The van der Waals surface area contributed by atoms with E-state index in [2.05, 4.69) is 88.5 Å². The zero-order valence-corrected chi connectivity index (χ0v) is 39.7. The summed E-state index contributed by atoms with van der Waals surface area (Å²) in [6.45, 7) is 9.16. The van der Waals surface area contributed by atoms with Gasteiger partial charge in [-0.3, -0.25) is 9.98 Å². The quantitative estimate of drug-likeness (QED) is 0.0277. The first-order valence-corrected chi connectivity index (χ1v) is 25.2. The number of aryl methyl sites for hydroxylation is 3. The molecule has 0 bridgehead atoms. The summed E-state index contributed by atoms with van der Waals surface area (Å²) in [6, 6.07) is 15.9. The van der Waals surface area contributed by atoms with Gasteiger partial charge in [0.05, 0.1) is 17.1 Å². The molecule has 2 rings (SSSR count). The first-order chi connectivity index (χ1) is 28.2. The van der Waals surface area contributed by atoms with Crippen LogP contribution in [0.1, 0.15) is 250 Å². The smallest absolute Gasteiger partial charge is 0.0662 e. The van der Waals surface area contributed by atoms with Gasteiger partial charge in [-0.15, -0.1) is 0 Å². The Morgan fingerprint density at radius 2 is 0.879 bits per heavy atom. The van der Waals surface area contributed by atoms with Crippen LogP contribution in [0.3, 0.4) is 0 Å². The Bertz CT molecular complexity index is 1260. The normalized spacial score (nSPS) is 12.0. The van der Waals surface area contributed by atoms with Crippen LogP contribution in [0.4, 0.5) is 11.4 Å². The van der Waals surface area contributed by atoms with Gasteiger partial charge in [-0.25, -0.2) is 0 Å². The molecule has 0 aliphatic heterocycles. The van der Waals surface area contributed by atoms with Gasteiger partial charge in [0.1, 0.15) is 0 Å². The minimum atomic E-state index is 0. The van der Waals surface area contributed by atoms with Crippen LogP contribution in [0, 0.1) is 0 Å². The number of benzene rings is 2. The van der Waals surface area contributed by atoms with Gasteiger partial charge in [0, 0.05) is 22.7 Å². The van der Waals surface area contributed by atoms with Crippen molar-refractivity contribution in [3.8, 4) is 0 Å². The summed E-state index contributed by atoms with van der Waals surface area (Å²) in [5, 5.41) is 0. The predicted molar refractivity (Wildman–Crippen MR) is 259 cm³/mol. The van der Waals surface area contributed by atoms with Crippen molar-refractivity contribution in [2.45, 2.75) is 252 Å². The fourth-order valence-corrected chi connectivity index (χ4v) is 8.11. The van der Waals surface area contributed by atoms with E-state index in [9.17, 15) is 0 Å². The molecule has 0 spiro atoms. The summed E-state index contributed by atoms with van der Waals surface area (Å²) < 4.78 is 0. The fraction of sp³-hybridized carbons (Fsp3) is 0.709. The summed E-state index contributed by atoms with van der Waals surface area (Å²) >= 11 is 0. The first-order valence-electron chi connectivity index (χ1n) is 25.2. The average molecular weight is 840 g/mol. The molecule has 0 aromatic heterocycles. The second kappa shape index (κ2) is 40.4. The number of hydrogen-bond acceptors (Lipinski definition) is 2. The third-order valence-electron chi connectivity index (χ3n) is 11.8. The van der Waals surface area contributed by atoms with E-state index in [1.54, 1.807) is 0 Å². The third kappa shape index (κ3) is 30.1. The second-order valence-electron chi connectivity index (χ2n) is 17.4. The summed E-state index contributed by atoms with van der Waals surface area (Å²) in [7, 11) is 0. The van der Waals surface area contributed by atoms with Crippen LogP contribution >= 0.6 is 0 Å². The Kier molecular flexibility index (Phi) is 37.7. The summed E-state index contributed by atoms with van der Waals surface area (Å²) in [5.74, 6) is 0. The summed E-state index contributed by atoms with van der Waals surface area (Å²) in [5.41, 5.74) is 7.55. The van der Waals surface area contributed by atoms with Crippen LogP contribution in [0.5, 0.6) is 0 Å². The van der Waals surface area contributed by atoms with E-state index < -0.39 is 0 Å². The van der Waals surface area contributed by atoms with Gasteiger partial charge in [-0.05, 0) is 99.1 Å². The summed E-state index contributed by atoms with van der Waals surface area (Å²) in [4.78, 5) is 10.4. The zero-order valence-electron chi connectivity index (χ0n) is 38.7. The number of hydrogen-bond donors (Lipinski definition) is 0. The molecule has 0 atom stereocenters. The van der Waals surface area contributed by atoms with Crippen LogP contribution in [0.15, 0.2) is 64.6 Å². The maximum absolute atomic E-state index is 5.27. The SMILES string of the molecule is CCCCCCCCCCCCCCCCCCCCCC/C=C/CCc1ccccc1N=CC(CCCCC)=Nc1cc(CCCCC)cc(CCCCC)c1.[Ni]. The number of unbranched alkanes of at least 4 members (excludes halogenated alkanes) is 26. The second-order valence-corrected chi connectivity index (χ2v) is 17.4. The van der Waals surface area contributed by atoms with Crippen molar-refractivity contribution < 1.29 is 16.5 Å². The van der Waals surface area contributed by atoms with Gasteiger partial charge in [-0.2, -0.15) is 0 Å². The molecule has 58 heavy (non-hydrogen) atoms. The van der Waals surface area contributed by atoms with E-state index >= 15 is 0 Å². The van der Waals surface area contributed by atoms with E-state index in [-0.39, 0.29) is 16.5 Å². The van der Waals surface area contributed by atoms with Gasteiger partial charge in [-0.1, -0.05) is 225 Å². The van der Waals surface area contributed by atoms with Crippen molar-refractivity contribution in [1.82, 2.24) is 0 Å². The number of para-hydroxylation sites is 1. The standard InChI is InChI=1S/C55H92N2.Ni/c1-5-9-13-14-15-16-17-18-19-20-21-22-23-24-25-26-27-28-29-30-31-32-33-37-42-52-43-38-39-45-55(52)56-49-53(44-36-12-8-4)57-54-47-50(40-34-10-6-2)46-51(48-54)41-35-11-7-3;/h32-33,38-39,43,45-49H,5-31,34-37,40-42,44H2,1-4H3;/b33-32+,56-49?,57-53?;. The molecule has 332 valence electrons. The molecule has 0 aliphatic carbocycles. The minimum Gasteiger partial charge on any atom is -0.255 e. The van der Waals surface area contributed by atoms with Gasteiger partial charge in [0.15, 0.2) is 0 Å². The fourth-order valence-electron chi connectivity index (χ4n) is 8.11. The van der Waals surface area contributed by atoms with Crippen molar-refractivity contribution in [3.05, 3.63) is 71.3 Å². The molecule has 2 nitrogen and oxygen atoms in total. The summed E-state index contributed by atoms with van der Waals surface area (Å²) in [6.07, 6.45) is 53.6. The molecule has 0 aliphatic rings. The number of nitrogens with zero attached hydrogens (tertiary/aromatic N) is 2. The molecular formula is C55H92N2Ni. The average Bonchev–Trinajstić information content (AvgIpc) is 3.22. The van der Waals surface area contributed by atoms with Gasteiger partial charge in [0.2, 0.25) is 0 Å². The molecule has 0 fully saturated rings. The van der Waals surface area contributed by atoms with Crippen LogP contribution in [-0.2, 0) is 35.8 Å². The van der Waals surface area contributed by atoms with E-state index in [4.69, 9.17) is 9.98 Å². The molecule has 0 unspecified atom stereocenters. The monoisotopic (exact) mass is 839 g/mol. The molecule has 2 aromatic rings. The van der Waals surface area contributed by atoms with Crippen LogP contribution in [0.25, 0.3) is 0 Å². The maximum atomic E-state index is 5.27. The largest absolute Gasteiger partial charge is 0.255 e. The molecule has 0 amide bonds. The Balaban J connectivity index is 0.0000168. The van der Waals surface area contributed by atoms with Crippen molar-refractivity contribution in [2.24, 2.45) is 9.98 Å². The van der Waals surface area contributed by atoms with E-state index in [0.717, 1.165) is 55.6 Å². The molecule has 3 heteroatoms. The number of aliphatic imine (C=N–C) groups is 2. The molecule has 2 aromatic carbocycles. The van der Waals surface area contributed by atoms with E-state index in [1.165, 1.54) is 203 Å². The molecule has 0 radical (unpaired) electrons. The first kappa shape index (κ1) is 54.0. The van der Waals surface area contributed by atoms with Crippen molar-refractivity contribution in [1.29, 1.82) is 0 Å². The van der Waals surface area contributed by atoms with Crippen molar-refractivity contribution in [3.63, 3.8) is 0 Å². The van der Waals surface area contributed by atoms with Crippen LogP contribution in [-0.4, -0.2) is 11.9 Å². The maximum Gasteiger partial charge on any atom is 0.0662 e. The van der Waals surface area contributed by atoms with Gasteiger partial charge in [0.25, 0.3) is 0 Å². The van der Waals surface area contributed by atoms with Crippen molar-refractivity contribution in [2.75, 3.05) is 0 Å². The molecule has 0 N–H and O–H groups in total. The zero-order chi connectivity index (χ0) is 40.7. The molecule has 0 saturated carbocycles. The minimum absolute atomic E-state index is 0. The number of allylic oxidation sites excluding steroid dienone is 2. The Hall–Kier alpha value is -1.99. The topological polar surface area (TPSA) is 24.7 Å². The predicted octanol–water partition coefficient (Wildman–Crippen LogP) is 18.9. The van der Waals surface area contributed by atoms with Gasteiger partial charge < -0.3 is 0 Å². The molecular weight excluding hydrogens is 747 g/mol. The molecule has 0 heterocycles. The van der Waals surface area contributed by atoms with Crippen LogP contribution in [0.2, 0.25) is 0 Å². The Morgan fingerprint density at radius 1 is 0.448 bits per heavy atom. The number of rotatable bonds is 39. The third-order valence-corrected chi connectivity index (χ3v) is 11.8. The Morgan fingerprint density at radius 3 is 1.40 bits per heavy atom. The van der Waals surface area contributed by atoms with E-state index in [1.807, 2.05) is 0 Å².